The van der Waals surface area contributed by atoms with Crippen LogP contribution in [0.2, 0.25) is 0 Å². The lowest BCUT2D eigenvalue weighted by atomic mass is 10.2. The number of methoxy groups -OCH3 is 2. The Labute approximate surface area is 206 Å². The molecule has 1 aliphatic rings. The minimum absolute atomic E-state index is 0.000224. The van der Waals surface area contributed by atoms with E-state index >= 15 is 0 Å². The fraction of sp³-hybridized carbons (Fsp3) is 0.115. The van der Waals surface area contributed by atoms with Crippen molar-refractivity contribution in [1.29, 1.82) is 0 Å². The van der Waals surface area contributed by atoms with Crippen LogP contribution in [0, 0.1) is 5.82 Å². The third-order valence-corrected chi connectivity index (χ3v) is 5.96. The van der Waals surface area contributed by atoms with E-state index < -0.39 is 0 Å². The quantitative estimate of drug-likeness (QED) is 0.473. The first kappa shape index (κ1) is 24.0. The van der Waals surface area contributed by atoms with E-state index in [9.17, 15) is 14.0 Å². The summed E-state index contributed by atoms with van der Waals surface area (Å²) in [5, 5.41) is 3.07. The fourth-order valence-corrected chi connectivity index (χ4v) is 4.10. The monoisotopic (exact) mass is 491 g/mol. The average molecular weight is 492 g/mol. The Morgan fingerprint density at radius 1 is 1.03 bits per heavy atom. The van der Waals surface area contributed by atoms with Crippen LogP contribution in [0.4, 0.5) is 15.8 Å². The molecule has 0 fully saturated rings. The Morgan fingerprint density at radius 3 is 2.43 bits per heavy atom. The molecule has 0 radical (unpaired) electrons. The minimum atomic E-state index is -0.388. The Hall–Kier alpha value is -4.11. The smallest absolute Gasteiger partial charge is 0.283 e. The van der Waals surface area contributed by atoms with E-state index in [1.807, 2.05) is 12.1 Å². The van der Waals surface area contributed by atoms with Gasteiger partial charge in [0, 0.05) is 11.8 Å². The number of benzene rings is 3. The van der Waals surface area contributed by atoms with Gasteiger partial charge in [-0.15, -0.1) is 0 Å². The highest BCUT2D eigenvalue weighted by molar-refractivity contribution is 8.14. The maximum atomic E-state index is 13.3. The molecule has 7 nitrogen and oxygen atoms in total. The van der Waals surface area contributed by atoms with Crippen molar-refractivity contribution < 1.29 is 23.5 Å². The van der Waals surface area contributed by atoms with E-state index in [2.05, 4.69) is 10.3 Å². The molecule has 3 aromatic rings. The van der Waals surface area contributed by atoms with E-state index in [1.54, 1.807) is 56.7 Å². The van der Waals surface area contributed by atoms with Crippen LogP contribution < -0.4 is 19.7 Å². The Kier molecular flexibility index (Phi) is 7.47. The van der Waals surface area contributed by atoms with Crippen LogP contribution in [0.5, 0.6) is 11.5 Å². The van der Waals surface area contributed by atoms with E-state index in [-0.39, 0.29) is 29.1 Å². The lowest BCUT2D eigenvalue weighted by Crippen LogP contribution is -2.31. The fourth-order valence-electron chi connectivity index (χ4n) is 3.29. The number of hydrogen-bond donors (Lipinski definition) is 1. The molecular weight excluding hydrogens is 469 g/mol. The Morgan fingerprint density at radius 2 is 1.74 bits per heavy atom. The summed E-state index contributed by atoms with van der Waals surface area (Å²) in [7, 11) is 3.13. The number of anilines is 2. The highest BCUT2D eigenvalue weighted by Crippen LogP contribution is 2.31. The molecule has 0 bridgehead atoms. The zero-order chi connectivity index (χ0) is 24.8. The lowest BCUT2D eigenvalue weighted by Gasteiger charge is -2.18. The molecule has 9 heteroatoms. The molecule has 0 atom stereocenters. The highest BCUT2D eigenvalue weighted by Gasteiger charge is 2.32. The molecule has 1 heterocycles. The predicted molar refractivity (Wildman–Crippen MR) is 136 cm³/mol. The molecule has 0 spiro atoms. The largest absolute Gasteiger partial charge is 0.497 e. The van der Waals surface area contributed by atoms with E-state index in [0.29, 0.717) is 28.0 Å². The third-order valence-electron chi connectivity index (χ3n) is 5.02. The summed E-state index contributed by atoms with van der Waals surface area (Å²) in [6.45, 7) is 0. The SMILES string of the molecule is COc1ccc(/C=C2\N=C(SCC(=O)Nc3ccc(F)cc3)N(c3cccc(OC)c3)C2=O)cc1. The van der Waals surface area contributed by atoms with Crippen LogP contribution in [-0.4, -0.2) is 37.0 Å². The predicted octanol–water partition coefficient (Wildman–Crippen LogP) is 4.96. The number of carbonyl (C=O) groups is 2. The van der Waals surface area contributed by atoms with E-state index in [4.69, 9.17) is 9.47 Å². The van der Waals surface area contributed by atoms with Gasteiger partial charge in [0.15, 0.2) is 5.17 Å². The second-order valence-electron chi connectivity index (χ2n) is 7.38. The zero-order valence-electron chi connectivity index (χ0n) is 19.0. The number of nitrogens with one attached hydrogen (secondary N) is 1. The molecule has 0 saturated heterocycles. The van der Waals surface area contributed by atoms with Crippen molar-refractivity contribution in [3.05, 3.63) is 89.9 Å². The molecule has 0 aliphatic carbocycles. The molecule has 0 unspecified atom stereocenters. The number of amidine groups is 1. The van der Waals surface area contributed by atoms with Crippen molar-refractivity contribution in [1.82, 2.24) is 0 Å². The maximum absolute atomic E-state index is 13.3. The van der Waals surface area contributed by atoms with Crippen molar-refractivity contribution in [2.75, 3.05) is 30.2 Å². The second kappa shape index (κ2) is 10.9. The normalized spacial score (nSPS) is 14.1. The number of ether oxygens (including phenoxy) is 2. The maximum Gasteiger partial charge on any atom is 0.283 e. The number of halogens is 1. The van der Waals surface area contributed by atoms with Gasteiger partial charge in [-0.2, -0.15) is 0 Å². The Balaban J connectivity index is 1.58. The average Bonchev–Trinajstić information content (AvgIpc) is 3.19. The highest BCUT2D eigenvalue weighted by atomic mass is 32.2. The summed E-state index contributed by atoms with van der Waals surface area (Å²) in [5.41, 5.74) is 2.06. The first-order valence-electron chi connectivity index (χ1n) is 10.6. The minimum Gasteiger partial charge on any atom is -0.497 e. The standard InChI is InChI=1S/C26H22FN3O4S/c1-33-21-12-6-17(7-13-21)14-23-25(32)30(20-4-3-5-22(15-20)34-2)26(29-23)35-16-24(31)28-19-10-8-18(27)9-11-19/h3-15H,16H2,1-2H3,(H,28,31)/b23-14-. The summed E-state index contributed by atoms with van der Waals surface area (Å²) in [5.74, 6) is 0.266. The molecule has 178 valence electrons. The zero-order valence-corrected chi connectivity index (χ0v) is 19.8. The van der Waals surface area contributed by atoms with Crippen molar-refractivity contribution in [2.24, 2.45) is 4.99 Å². The molecular formula is C26H22FN3O4S. The number of thioether (sulfide) groups is 1. The molecule has 4 rings (SSSR count). The van der Waals surface area contributed by atoms with E-state index in [0.717, 1.165) is 17.3 Å². The van der Waals surface area contributed by atoms with Crippen LogP contribution >= 0.6 is 11.8 Å². The van der Waals surface area contributed by atoms with Crippen molar-refractivity contribution >= 4 is 46.2 Å². The molecule has 1 aliphatic heterocycles. The van der Waals surface area contributed by atoms with Gasteiger partial charge in [-0.25, -0.2) is 9.38 Å². The van der Waals surface area contributed by atoms with Gasteiger partial charge in [0.25, 0.3) is 5.91 Å². The molecule has 1 N–H and O–H groups in total. The van der Waals surface area contributed by atoms with Gasteiger partial charge in [0.05, 0.1) is 25.7 Å². The summed E-state index contributed by atoms with van der Waals surface area (Å²) >= 11 is 1.12. The number of hydrogen-bond acceptors (Lipinski definition) is 6. The summed E-state index contributed by atoms with van der Waals surface area (Å²) in [6.07, 6.45) is 1.68. The van der Waals surface area contributed by atoms with Crippen LogP contribution in [0.1, 0.15) is 5.56 Å². The van der Waals surface area contributed by atoms with Gasteiger partial charge in [0.1, 0.15) is 23.0 Å². The number of amides is 2. The van der Waals surface area contributed by atoms with E-state index in [1.165, 1.54) is 29.2 Å². The summed E-state index contributed by atoms with van der Waals surface area (Å²) in [4.78, 5) is 31.8. The van der Waals surface area contributed by atoms with Crippen molar-refractivity contribution in [3.63, 3.8) is 0 Å². The number of rotatable bonds is 7. The summed E-state index contributed by atoms with van der Waals surface area (Å²) in [6, 6.07) is 19.8. The molecule has 0 saturated carbocycles. The van der Waals surface area contributed by atoms with Crippen LogP contribution in [0.25, 0.3) is 6.08 Å². The van der Waals surface area contributed by atoms with Crippen LogP contribution in [0.15, 0.2) is 83.5 Å². The number of aliphatic imine (C=N–C) groups is 1. The van der Waals surface area contributed by atoms with Gasteiger partial charge in [0.2, 0.25) is 5.91 Å². The van der Waals surface area contributed by atoms with Crippen LogP contribution in [0.3, 0.4) is 0 Å². The van der Waals surface area contributed by atoms with Crippen molar-refractivity contribution in [2.45, 2.75) is 0 Å². The summed E-state index contributed by atoms with van der Waals surface area (Å²) < 4.78 is 23.6. The topological polar surface area (TPSA) is 80.2 Å². The Bertz CT molecular complexity index is 1290. The van der Waals surface area contributed by atoms with Crippen LogP contribution in [-0.2, 0) is 9.59 Å². The van der Waals surface area contributed by atoms with Gasteiger partial charge in [-0.3, -0.25) is 14.5 Å². The first-order valence-corrected chi connectivity index (χ1v) is 11.6. The lowest BCUT2D eigenvalue weighted by molar-refractivity contribution is -0.114. The molecule has 3 aromatic carbocycles. The van der Waals surface area contributed by atoms with Gasteiger partial charge < -0.3 is 14.8 Å². The molecule has 2 amide bonds. The van der Waals surface area contributed by atoms with Crippen molar-refractivity contribution in [3.8, 4) is 11.5 Å². The first-order chi connectivity index (χ1) is 17.0. The van der Waals surface area contributed by atoms with Gasteiger partial charge >= 0.3 is 0 Å². The number of carbonyl (C=O) groups excluding carboxylic acids is 2. The van der Waals surface area contributed by atoms with Gasteiger partial charge in [-0.1, -0.05) is 30.0 Å². The van der Waals surface area contributed by atoms with Gasteiger partial charge in [-0.05, 0) is 60.2 Å². The second-order valence-corrected chi connectivity index (χ2v) is 8.33. The molecule has 35 heavy (non-hydrogen) atoms. The number of nitrogens with zero attached hydrogens (tertiary/aromatic N) is 2. The molecule has 0 aromatic heterocycles. The third kappa shape index (κ3) is 5.88.